The van der Waals surface area contributed by atoms with Gasteiger partial charge in [0.1, 0.15) is 0 Å². The van der Waals surface area contributed by atoms with Crippen LogP contribution in [0.15, 0.2) is 47.5 Å². The number of nitro groups is 1. The molecule has 2 aromatic carbocycles. The number of aromatic nitrogens is 1. The number of rotatable bonds is 6. The van der Waals surface area contributed by atoms with Crippen molar-refractivity contribution in [1.29, 1.82) is 0 Å². The Hall–Kier alpha value is -3.64. The number of hydrogen-bond acceptors (Lipinski definition) is 6. The van der Waals surface area contributed by atoms with Gasteiger partial charge in [-0.3, -0.25) is 14.9 Å². The Labute approximate surface area is 163 Å². The summed E-state index contributed by atoms with van der Waals surface area (Å²) in [5.41, 5.74) is 0.629. The molecule has 0 radical (unpaired) electrons. The third kappa shape index (κ3) is 4.02. The molecule has 1 aromatic heterocycles. The lowest BCUT2D eigenvalue weighted by atomic mass is 10.3. The highest BCUT2D eigenvalue weighted by Crippen LogP contribution is 2.26. The fourth-order valence-corrected chi connectivity index (χ4v) is 3.60. The van der Waals surface area contributed by atoms with Gasteiger partial charge in [-0.15, -0.1) is 6.42 Å². The summed E-state index contributed by atoms with van der Waals surface area (Å²) in [5.74, 6) is 2.92. The number of ether oxygens (including phenoxy) is 2. The molecule has 0 saturated heterocycles. The quantitative estimate of drug-likeness (QED) is 0.362. The second-order valence-corrected chi connectivity index (χ2v) is 6.54. The first-order valence-corrected chi connectivity index (χ1v) is 8.89. The fraction of sp³-hybridized carbons (Fsp3) is 0.158. The van der Waals surface area contributed by atoms with E-state index in [1.54, 1.807) is 34.9 Å². The second kappa shape index (κ2) is 8.37. The van der Waals surface area contributed by atoms with Crippen LogP contribution in [0.4, 0.5) is 5.69 Å². The van der Waals surface area contributed by atoms with Crippen molar-refractivity contribution in [1.82, 2.24) is 4.57 Å². The number of benzene rings is 2. The highest BCUT2D eigenvalue weighted by atomic mass is 32.1. The van der Waals surface area contributed by atoms with E-state index in [1.807, 2.05) is 0 Å². The average molecular weight is 397 g/mol. The molecule has 3 aromatic rings. The van der Waals surface area contributed by atoms with Crippen LogP contribution < -0.4 is 14.3 Å². The molecule has 1 heterocycles. The molecule has 8 nitrogen and oxygen atoms in total. The van der Waals surface area contributed by atoms with Crippen molar-refractivity contribution >= 4 is 33.1 Å². The van der Waals surface area contributed by atoms with E-state index in [4.69, 9.17) is 15.9 Å². The van der Waals surface area contributed by atoms with Crippen LogP contribution in [0.25, 0.3) is 10.2 Å². The summed E-state index contributed by atoms with van der Waals surface area (Å²) in [6.45, 7) is -0.109. The molecule has 28 heavy (non-hydrogen) atoms. The number of methoxy groups -OCH3 is 1. The number of terminal acetylenes is 1. The molecule has 0 N–H and O–H groups in total. The molecular formula is C19H15N3O5S. The van der Waals surface area contributed by atoms with Crippen molar-refractivity contribution < 1.29 is 19.2 Å². The van der Waals surface area contributed by atoms with Crippen molar-refractivity contribution in [3.05, 3.63) is 57.4 Å². The maximum absolute atomic E-state index is 12.3. The first-order valence-electron chi connectivity index (χ1n) is 8.08. The monoisotopic (exact) mass is 397 g/mol. The average Bonchev–Trinajstić information content (AvgIpc) is 3.03. The number of fused-ring (bicyclic) bond motifs is 1. The van der Waals surface area contributed by atoms with Gasteiger partial charge in [-0.25, -0.2) is 0 Å². The number of carbonyl (C=O) groups is 1. The first-order chi connectivity index (χ1) is 13.5. The van der Waals surface area contributed by atoms with E-state index in [0.29, 0.717) is 26.5 Å². The van der Waals surface area contributed by atoms with E-state index in [9.17, 15) is 14.9 Å². The highest BCUT2D eigenvalue weighted by molar-refractivity contribution is 7.16. The van der Waals surface area contributed by atoms with Gasteiger partial charge in [0.25, 0.3) is 11.6 Å². The molecule has 0 saturated carbocycles. The van der Waals surface area contributed by atoms with Crippen LogP contribution >= 0.6 is 11.3 Å². The van der Waals surface area contributed by atoms with Crippen LogP contribution in [0, 0.1) is 22.5 Å². The van der Waals surface area contributed by atoms with Crippen LogP contribution in [0.1, 0.15) is 0 Å². The van der Waals surface area contributed by atoms with Gasteiger partial charge in [-0.05, 0) is 18.2 Å². The van der Waals surface area contributed by atoms with E-state index in [2.05, 4.69) is 10.9 Å². The lowest BCUT2D eigenvalue weighted by molar-refractivity contribution is -0.384. The van der Waals surface area contributed by atoms with E-state index in [-0.39, 0.29) is 18.8 Å². The predicted octanol–water partition coefficient (Wildman–Crippen LogP) is 2.76. The minimum Gasteiger partial charge on any atom is -0.493 e. The summed E-state index contributed by atoms with van der Waals surface area (Å²) in [6.07, 6.45) is 5.42. The minimum atomic E-state index is -0.516. The van der Waals surface area contributed by atoms with Crippen molar-refractivity contribution in [2.75, 3.05) is 13.7 Å². The van der Waals surface area contributed by atoms with Gasteiger partial charge >= 0.3 is 0 Å². The maximum Gasteiger partial charge on any atom is 0.286 e. The molecule has 0 spiro atoms. The molecule has 0 fully saturated rings. The number of nitrogens with zero attached hydrogens (tertiary/aromatic N) is 3. The Bertz CT molecular complexity index is 1160. The van der Waals surface area contributed by atoms with Gasteiger partial charge in [-0.1, -0.05) is 29.4 Å². The maximum atomic E-state index is 12.3. The van der Waals surface area contributed by atoms with E-state index >= 15 is 0 Å². The zero-order valence-electron chi connectivity index (χ0n) is 14.8. The predicted molar refractivity (Wildman–Crippen MR) is 104 cm³/mol. The lowest BCUT2D eigenvalue weighted by Gasteiger charge is -2.08. The molecule has 1 amide bonds. The third-order valence-electron chi connectivity index (χ3n) is 3.77. The number of para-hydroxylation sites is 2. The summed E-state index contributed by atoms with van der Waals surface area (Å²) >= 11 is 1.15. The molecule has 0 atom stereocenters. The zero-order valence-corrected chi connectivity index (χ0v) is 15.6. The number of nitro benzene ring substituents is 1. The Morgan fingerprint density at radius 2 is 2.07 bits per heavy atom. The number of thiazole rings is 1. The van der Waals surface area contributed by atoms with Gasteiger partial charge in [0, 0.05) is 12.1 Å². The van der Waals surface area contributed by atoms with Crippen molar-refractivity contribution in [3.63, 3.8) is 0 Å². The Morgan fingerprint density at radius 3 is 2.75 bits per heavy atom. The van der Waals surface area contributed by atoms with E-state index in [0.717, 1.165) is 11.3 Å². The highest BCUT2D eigenvalue weighted by Gasteiger charge is 2.13. The molecule has 0 aliphatic heterocycles. The molecule has 9 heteroatoms. The van der Waals surface area contributed by atoms with Crippen molar-refractivity contribution in [3.8, 4) is 23.8 Å². The topological polar surface area (TPSA) is 96.0 Å². The van der Waals surface area contributed by atoms with Gasteiger partial charge in [0.15, 0.2) is 22.9 Å². The van der Waals surface area contributed by atoms with Crippen LogP contribution in [0.5, 0.6) is 11.5 Å². The molecule has 0 bridgehead atoms. The summed E-state index contributed by atoms with van der Waals surface area (Å²) in [7, 11) is 1.51. The largest absolute Gasteiger partial charge is 0.493 e. The van der Waals surface area contributed by atoms with Crippen LogP contribution in [0.2, 0.25) is 0 Å². The summed E-state index contributed by atoms with van der Waals surface area (Å²) in [5, 5.41) is 11.0. The first kappa shape index (κ1) is 19.1. The molecule has 0 aliphatic rings. The fourth-order valence-electron chi connectivity index (χ4n) is 2.52. The van der Waals surface area contributed by atoms with Crippen molar-refractivity contribution in [2.24, 2.45) is 4.99 Å². The smallest absolute Gasteiger partial charge is 0.286 e. The van der Waals surface area contributed by atoms with E-state index < -0.39 is 10.8 Å². The van der Waals surface area contributed by atoms with Gasteiger partial charge in [0.2, 0.25) is 0 Å². The van der Waals surface area contributed by atoms with Crippen LogP contribution in [0.3, 0.4) is 0 Å². The van der Waals surface area contributed by atoms with Crippen molar-refractivity contribution in [2.45, 2.75) is 6.54 Å². The van der Waals surface area contributed by atoms with Crippen LogP contribution in [-0.4, -0.2) is 29.1 Å². The molecule has 0 aliphatic carbocycles. The third-order valence-corrected chi connectivity index (χ3v) is 4.81. The second-order valence-electron chi connectivity index (χ2n) is 5.53. The standard InChI is InChI=1S/C19H15N3O5S/c1-3-10-21-14-9-8-13(22(24)25)11-17(14)28-19(21)20-18(23)12-27-16-7-5-4-6-15(16)26-2/h1,4-9,11H,10,12H2,2H3. The number of non-ortho nitro benzene ring substituents is 1. The van der Waals surface area contributed by atoms with Crippen LogP contribution in [-0.2, 0) is 11.3 Å². The van der Waals surface area contributed by atoms with Gasteiger partial charge < -0.3 is 14.0 Å². The normalized spacial score (nSPS) is 11.2. The molecular weight excluding hydrogens is 382 g/mol. The minimum absolute atomic E-state index is 0.0426. The molecule has 3 rings (SSSR count). The number of hydrogen-bond donors (Lipinski definition) is 0. The Kier molecular flexibility index (Phi) is 5.72. The summed E-state index contributed by atoms with van der Waals surface area (Å²) < 4.78 is 12.9. The number of carbonyl (C=O) groups excluding carboxylic acids is 1. The summed E-state index contributed by atoms with van der Waals surface area (Å²) in [4.78, 5) is 27.2. The zero-order chi connectivity index (χ0) is 20.1. The molecule has 142 valence electrons. The van der Waals surface area contributed by atoms with Gasteiger partial charge in [-0.2, -0.15) is 4.99 Å². The summed E-state index contributed by atoms with van der Waals surface area (Å²) in [6, 6.07) is 11.4. The molecule has 0 unspecified atom stereocenters. The van der Waals surface area contributed by atoms with Gasteiger partial charge in [0.05, 0.1) is 28.8 Å². The Balaban J connectivity index is 1.91. The SMILES string of the molecule is C#CCn1c(=NC(=O)COc2ccccc2OC)sc2cc([N+](=O)[O-])ccc21. The van der Waals surface area contributed by atoms with E-state index in [1.165, 1.54) is 19.2 Å². The Morgan fingerprint density at radius 1 is 1.32 bits per heavy atom. The lowest BCUT2D eigenvalue weighted by Crippen LogP contribution is -2.19. The number of amides is 1.